The fourth-order valence-electron chi connectivity index (χ4n) is 2.31. The minimum absolute atomic E-state index is 0.139. The molecule has 0 saturated carbocycles. The molecule has 1 atom stereocenters. The number of aromatic amines is 1. The number of carbonyl (C=O) groups is 1. The van der Waals surface area contributed by atoms with Crippen LogP contribution in [0.3, 0.4) is 0 Å². The fourth-order valence-corrected chi connectivity index (χ4v) is 2.31. The largest absolute Gasteiger partial charge is 0.348 e. The number of rotatable bonds is 6. The molecule has 4 nitrogen and oxygen atoms in total. The third-order valence-electron chi connectivity index (χ3n) is 3.90. The third-order valence-corrected chi connectivity index (χ3v) is 3.90. The summed E-state index contributed by atoms with van der Waals surface area (Å²) in [5.74, 6) is 0.139. The molecular weight excluding hydrogens is 262 g/mol. The van der Waals surface area contributed by atoms with Crippen LogP contribution >= 0.6 is 0 Å². The zero-order valence-electron chi connectivity index (χ0n) is 13.0. The average molecular weight is 285 g/mol. The number of carbonyl (C=O) groups excluding carboxylic acids is 1. The molecule has 0 aliphatic rings. The van der Waals surface area contributed by atoms with Gasteiger partial charge in [-0.3, -0.25) is 4.79 Å². The highest BCUT2D eigenvalue weighted by Crippen LogP contribution is 2.13. The van der Waals surface area contributed by atoms with Gasteiger partial charge in [0.25, 0.3) is 0 Å². The molecule has 1 heterocycles. The number of benzene rings is 1. The molecule has 0 spiro atoms. The second kappa shape index (κ2) is 7.07. The molecule has 1 unspecified atom stereocenters. The van der Waals surface area contributed by atoms with E-state index in [1.54, 1.807) is 6.33 Å². The Bertz CT molecular complexity index is 577. The van der Waals surface area contributed by atoms with Gasteiger partial charge in [-0.1, -0.05) is 37.3 Å². The Morgan fingerprint density at radius 3 is 2.62 bits per heavy atom. The molecule has 0 saturated heterocycles. The molecule has 2 aromatic rings. The van der Waals surface area contributed by atoms with Gasteiger partial charge in [0.15, 0.2) is 0 Å². The lowest BCUT2D eigenvalue weighted by atomic mass is 10.1. The summed E-state index contributed by atoms with van der Waals surface area (Å²) in [6, 6.07) is 10.4. The predicted octanol–water partition coefficient (Wildman–Crippen LogP) is 3.09. The molecule has 0 radical (unpaired) electrons. The van der Waals surface area contributed by atoms with Crippen LogP contribution < -0.4 is 0 Å². The molecule has 1 aromatic heterocycles. The van der Waals surface area contributed by atoms with Crippen molar-refractivity contribution in [2.45, 2.75) is 46.2 Å². The standard InChI is InChI=1S/C17H23N3O/c1-4-13(2)20(11-15-8-6-5-7-9-15)17(21)10-16-14(3)18-12-19-16/h5-9,12-13H,4,10-11H2,1-3H3,(H,18,19). The van der Waals surface area contributed by atoms with Gasteiger partial charge >= 0.3 is 0 Å². The number of hydrogen-bond acceptors (Lipinski definition) is 2. The van der Waals surface area contributed by atoms with Crippen LogP contribution in [0.2, 0.25) is 0 Å². The lowest BCUT2D eigenvalue weighted by Gasteiger charge is -2.29. The molecule has 4 heteroatoms. The first-order chi connectivity index (χ1) is 10.1. The maximum atomic E-state index is 12.6. The molecule has 0 bridgehead atoms. The van der Waals surface area contributed by atoms with E-state index in [-0.39, 0.29) is 11.9 Å². The molecule has 0 fully saturated rings. The Morgan fingerprint density at radius 1 is 1.33 bits per heavy atom. The molecule has 1 N–H and O–H groups in total. The topological polar surface area (TPSA) is 49.0 Å². The van der Waals surface area contributed by atoms with Crippen molar-refractivity contribution < 1.29 is 4.79 Å². The summed E-state index contributed by atoms with van der Waals surface area (Å²) in [6.07, 6.45) is 2.96. The first-order valence-corrected chi connectivity index (χ1v) is 7.44. The van der Waals surface area contributed by atoms with E-state index in [0.717, 1.165) is 23.4 Å². The van der Waals surface area contributed by atoms with Gasteiger partial charge < -0.3 is 9.88 Å². The first-order valence-electron chi connectivity index (χ1n) is 7.44. The van der Waals surface area contributed by atoms with E-state index in [1.165, 1.54) is 0 Å². The number of imidazole rings is 1. The molecule has 21 heavy (non-hydrogen) atoms. The normalized spacial score (nSPS) is 12.1. The van der Waals surface area contributed by atoms with Crippen molar-refractivity contribution in [3.63, 3.8) is 0 Å². The van der Waals surface area contributed by atoms with Crippen molar-refractivity contribution in [1.29, 1.82) is 0 Å². The number of hydrogen-bond donors (Lipinski definition) is 1. The number of H-pyrrole nitrogens is 1. The Morgan fingerprint density at radius 2 is 2.05 bits per heavy atom. The minimum atomic E-state index is 0.139. The highest BCUT2D eigenvalue weighted by Gasteiger charge is 2.20. The summed E-state index contributed by atoms with van der Waals surface area (Å²) < 4.78 is 0. The highest BCUT2D eigenvalue weighted by atomic mass is 16.2. The number of nitrogens with one attached hydrogen (secondary N) is 1. The fraction of sp³-hybridized carbons (Fsp3) is 0.412. The van der Waals surface area contributed by atoms with Crippen molar-refractivity contribution in [3.05, 3.63) is 53.6 Å². The number of amides is 1. The first kappa shape index (κ1) is 15.3. The SMILES string of the molecule is CCC(C)N(Cc1ccccc1)C(=O)Cc1[nH]cnc1C. The van der Waals surface area contributed by atoms with Gasteiger partial charge in [0.2, 0.25) is 5.91 Å². The van der Waals surface area contributed by atoms with E-state index < -0.39 is 0 Å². The van der Waals surface area contributed by atoms with Crippen LogP contribution in [0.5, 0.6) is 0 Å². The van der Waals surface area contributed by atoms with Crippen LogP contribution in [-0.2, 0) is 17.8 Å². The molecule has 112 valence electrons. The molecule has 0 aliphatic carbocycles. The van der Waals surface area contributed by atoms with Crippen LogP contribution in [0, 0.1) is 6.92 Å². The van der Waals surface area contributed by atoms with Crippen molar-refractivity contribution in [2.24, 2.45) is 0 Å². The van der Waals surface area contributed by atoms with E-state index in [1.807, 2.05) is 30.0 Å². The van der Waals surface area contributed by atoms with Crippen LogP contribution in [-0.4, -0.2) is 26.8 Å². The second-order valence-electron chi connectivity index (χ2n) is 5.41. The summed E-state index contributed by atoms with van der Waals surface area (Å²) in [4.78, 5) is 21.8. The second-order valence-corrected chi connectivity index (χ2v) is 5.41. The maximum absolute atomic E-state index is 12.6. The third kappa shape index (κ3) is 3.94. The zero-order valence-corrected chi connectivity index (χ0v) is 13.0. The summed E-state index contributed by atoms with van der Waals surface area (Å²) in [5, 5.41) is 0. The maximum Gasteiger partial charge on any atom is 0.229 e. The number of nitrogens with zero attached hydrogens (tertiary/aromatic N) is 2. The lowest BCUT2D eigenvalue weighted by molar-refractivity contribution is -0.133. The number of aromatic nitrogens is 2. The monoisotopic (exact) mass is 285 g/mol. The van der Waals surface area contributed by atoms with Crippen molar-refractivity contribution in [1.82, 2.24) is 14.9 Å². The summed E-state index contributed by atoms with van der Waals surface area (Å²) >= 11 is 0. The van der Waals surface area contributed by atoms with Gasteiger partial charge in [0, 0.05) is 18.3 Å². The van der Waals surface area contributed by atoms with E-state index in [9.17, 15) is 4.79 Å². The summed E-state index contributed by atoms with van der Waals surface area (Å²) in [5.41, 5.74) is 2.96. The Hall–Kier alpha value is -2.10. The van der Waals surface area contributed by atoms with E-state index in [4.69, 9.17) is 0 Å². The highest BCUT2D eigenvalue weighted by molar-refractivity contribution is 5.78. The summed E-state index contributed by atoms with van der Waals surface area (Å²) in [6.45, 7) is 6.78. The van der Waals surface area contributed by atoms with Crippen LogP contribution in [0.1, 0.15) is 37.2 Å². The van der Waals surface area contributed by atoms with Gasteiger partial charge in [-0.2, -0.15) is 0 Å². The molecule has 1 aromatic carbocycles. The number of aryl methyl sites for hydroxylation is 1. The van der Waals surface area contributed by atoms with Crippen LogP contribution in [0.4, 0.5) is 0 Å². The predicted molar refractivity (Wildman–Crippen MR) is 83.8 cm³/mol. The Labute approximate surface area is 126 Å². The smallest absolute Gasteiger partial charge is 0.229 e. The van der Waals surface area contributed by atoms with E-state index in [2.05, 4.69) is 35.9 Å². The zero-order chi connectivity index (χ0) is 15.2. The molecular formula is C17H23N3O. The quantitative estimate of drug-likeness (QED) is 0.886. The van der Waals surface area contributed by atoms with Gasteiger partial charge in [0.1, 0.15) is 0 Å². The van der Waals surface area contributed by atoms with Crippen LogP contribution in [0.25, 0.3) is 0 Å². The Balaban J connectivity index is 2.12. The summed E-state index contributed by atoms with van der Waals surface area (Å²) in [7, 11) is 0. The van der Waals surface area contributed by atoms with Gasteiger partial charge in [-0.15, -0.1) is 0 Å². The van der Waals surface area contributed by atoms with Crippen molar-refractivity contribution in [3.8, 4) is 0 Å². The molecule has 2 rings (SSSR count). The molecule has 0 aliphatic heterocycles. The van der Waals surface area contributed by atoms with Crippen molar-refractivity contribution in [2.75, 3.05) is 0 Å². The lowest BCUT2D eigenvalue weighted by Crippen LogP contribution is -2.38. The van der Waals surface area contributed by atoms with Crippen molar-refractivity contribution >= 4 is 5.91 Å². The van der Waals surface area contributed by atoms with Gasteiger partial charge in [-0.05, 0) is 25.8 Å². The Kier molecular flexibility index (Phi) is 5.14. The average Bonchev–Trinajstić information content (AvgIpc) is 2.90. The van der Waals surface area contributed by atoms with Crippen LogP contribution in [0.15, 0.2) is 36.7 Å². The molecule has 1 amide bonds. The van der Waals surface area contributed by atoms with Gasteiger partial charge in [0.05, 0.1) is 18.4 Å². The minimum Gasteiger partial charge on any atom is -0.348 e. The van der Waals surface area contributed by atoms with Gasteiger partial charge in [-0.25, -0.2) is 4.98 Å². The van der Waals surface area contributed by atoms with E-state index in [0.29, 0.717) is 13.0 Å². The van der Waals surface area contributed by atoms with E-state index >= 15 is 0 Å².